The van der Waals surface area contributed by atoms with Gasteiger partial charge in [0.25, 0.3) is 5.91 Å². The lowest BCUT2D eigenvalue weighted by molar-refractivity contribution is -0.149. The minimum absolute atomic E-state index is 0.656. The smallest absolute Gasteiger partial charge is 0.331 e. The predicted molar refractivity (Wildman–Crippen MR) is 79.2 cm³/mol. The van der Waals surface area contributed by atoms with Gasteiger partial charge in [0, 0.05) is 18.0 Å². The summed E-state index contributed by atoms with van der Waals surface area (Å²) in [5, 5.41) is 4.24. The zero-order chi connectivity index (χ0) is 15.1. The fourth-order valence-electron chi connectivity index (χ4n) is 1.11. The highest BCUT2D eigenvalue weighted by Gasteiger charge is 2.18. The van der Waals surface area contributed by atoms with Gasteiger partial charge in [-0.1, -0.05) is 0 Å². The van der Waals surface area contributed by atoms with Crippen molar-refractivity contribution in [1.82, 2.24) is 10.6 Å². The van der Waals surface area contributed by atoms with E-state index >= 15 is 0 Å². The van der Waals surface area contributed by atoms with Gasteiger partial charge in [-0.3, -0.25) is 10.1 Å². The maximum absolute atomic E-state index is 11.5. The van der Waals surface area contributed by atoms with Crippen molar-refractivity contribution < 1.29 is 19.1 Å². The first kappa shape index (κ1) is 16.4. The van der Waals surface area contributed by atoms with Crippen LogP contribution < -0.4 is 10.6 Å². The Kier molecular flexibility index (Phi) is 6.40. The van der Waals surface area contributed by atoms with Gasteiger partial charge in [0.15, 0.2) is 6.10 Å². The lowest BCUT2D eigenvalue weighted by Gasteiger charge is -2.10. The Morgan fingerprint density at radius 2 is 2.10 bits per heavy atom. The van der Waals surface area contributed by atoms with Crippen molar-refractivity contribution >= 4 is 51.3 Å². The van der Waals surface area contributed by atoms with Crippen LogP contribution in [-0.4, -0.2) is 31.1 Å². The molecule has 1 aromatic heterocycles. The summed E-state index contributed by atoms with van der Waals surface area (Å²) < 4.78 is 5.81. The van der Waals surface area contributed by atoms with Gasteiger partial charge < -0.3 is 10.1 Å². The summed E-state index contributed by atoms with van der Waals surface area (Å²) in [5.41, 5.74) is 0. The summed E-state index contributed by atoms with van der Waals surface area (Å²) in [5.74, 6) is -1.35. The number of imide groups is 1. The first-order valence-corrected chi connectivity index (χ1v) is 7.20. The second kappa shape index (κ2) is 7.81. The van der Waals surface area contributed by atoms with Gasteiger partial charge in [0.05, 0.1) is 3.79 Å². The maximum atomic E-state index is 11.5. The van der Waals surface area contributed by atoms with Crippen molar-refractivity contribution in [1.29, 1.82) is 0 Å². The molecule has 0 aliphatic rings. The van der Waals surface area contributed by atoms with Gasteiger partial charge in [-0.15, -0.1) is 11.3 Å². The van der Waals surface area contributed by atoms with E-state index in [1.807, 2.05) is 17.4 Å². The van der Waals surface area contributed by atoms with E-state index in [4.69, 9.17) is 4.74 Å². The number of urea groups is 1. The summed E-state index contributed by atoms with van der Waals surface area (Å²) in [4.78, 5) is 34.7. The van der Waals surface area contributed by atoms with E-state index in [1.165, 1.54) is 31.4 Å². The quantitative estimate of drug-likeness (QED) is 0.634. The molecule has 2 N–H and O–H groups in total. The van der Waals surface area contributed by atoms with Crippen molar-refractivity contribution in [3.8, 4) is 0 Å². The summed E-state index contributed by atoms with van der Waals surface area (Å²) >= 11 is 4.76. The van der Waals surface area contributed by atoms with Crippen LogP contribution in [0.15, 0.2) is 22.0 Å². The number of esters is 1. The lowest BCUT2D eigenvalue weighted by Crippen LogP contribution is -2.43. The highest BCUT2D eigenvalue weighted by atomic mass is 79.9. The molecular formula is C12H13BrN2O4S. The van der Waals surface area contributed by atoms with Crippen LogP contribution >= 0.6 is 27.3 Å². The zero-order valence-electron chi connectivity index (χ0n) is 10.8. The van der Waals surface area contributed by atoms with Crippen molar-refractivity contribution in [2.24, 2.45) is 0 Å². The summed E-state index contributed by atoms with van der Waals surface area (Å²) in [6.45, 7) is 1.38. The van der Waals surface area contributed by atoms with Crippen LogP contribution in [0.3, 0.4) is 0 Å². The van der Waals surface area contributed by atoms with Crippen LogP contribution in [0.1, 0.15) is 11.8 Å². The Morgan fingerprint density at radius 3 is 2.65 bits per heavy atom. The van der Waals surface area contributed by atoms with Crippen LogP contribution in [0.4, 0.5) is 4.79 Å². The molecule has 0 saturated carbocycles. The molecule has 1 atom stereocenters. The van der Waals surface area contributed by atoms with Crippen molar-refractivity contribution in [3.63, 3.8) is 0 Å². The Balaban J connectivity index is 2.47. The van der Waals surface area contributed by atoms with E-state index in [2.05, 4.69) is 21.2 Å². The minimum Gasteiger partial charge on any atom is -0.449 e. The molecule has 1 rings (SSSR count). The van der Waals surface area contributed by atoms with Crippen LogP contribution in [0.2, 0.25) is 0 Å². The van der Waals surface area contributed by atoms with Gasteiger partial charge in [0.1, 0.15) is 0 Å². The van der Waals surface area contributed by atoms with Gasteiger partial charge in [-0.05, 0) is 41.1 Å². The fourth-order valence-corrected chi connectivity index (χ4v) is 2.44. The van der Waals surface area contributed by atoms with Crippen molar-refractivity contribution in [3.05, 3.63) is 26.9 Å². The van der Waals surface area contributed by atoms with Gasteiger partial charge in [-0.25, -0.2) is 9.59 Å². The molecule has 108 valence electrons. The predicted octanol–water partition coefficient (Wildman–Crippen LogP) is 1.91. The number of carbonyl (C=O) groups excluding carboxylic acids is 3. The number of nitrogens with one attached hydrogen (secondary N) is 2. The highest BCUT2D eigenvalue weighted by Crippen LogP contribution is 2.22. The molecule has 0 unspecified atom stereocenters. The Labute approximate surface area is 128 Å². The molecule has 0 fully saturated rings. The molecule has 6 nitrogen and oxygen atoms in total. The monoisotopic (exact) mass is 360 g/mol. The molecule has 0 aliphatic heterocycles. The van der Waals surface area contributed by atoms with E-state index in [0.29, 0.717) is 0 Å². The fraction of sp³-hybridized carbons (Fsp3) is 0.250. The first-order valence-electron chi connectivity index (χ1n) is 5.59. The van der Waals surface area contributed by atoms with Crippen molar-refractivity contribution in [2.75, 3.05) is 7.05 Å². The number of thiophene rings is 1. The Hall–Kier alpha value is -1.67. The summed E-state index contributed by atoms with van der Waals surface area (Å²) in [7, 11) is 1.38. The Morgan fingerprint density at radius 1 is 1.40 bits per heavy atom. The number of ether oxygens (including phenoxy) is 1. The number of halogens is 1. The zero-order valence-corrected chi connectivity index (χ0v) is 13.2. The third-order valence-corrected chi connectivity index (χ3v) is 3.69. The SMILES string of the molecule is CNC(=O)NC(=O)[C@H](C)OC(=O)/C=C/c1ccc(Br)s1. The summed E-state index contributed by atoms with van der Waals surface area (Å²) in [6, 6.07) is 3.03. The molecule has 0 saturated heterocycles. The second-order valence-corrected chi connectivity index (χ2v) is 6.12. The average molecular weight is 361 g/mol. The minimum atomic E-state index is -1.06. The molecule has 1 aromatic rings. The molecule has 0 bridgehead atoms. The number of hydrogen-bond acceptors (Lipinski definition) is 5. The van der Waals surface area contributed by atoms with E-state index in [-0.39, 0.29) is 0 Å². The first-order chi connectivity index (χ1) is 9.42. The normalized spacial score (nSPS) is 11.9. The molecule has 1 heterocycles. The van der Waals surface area contributed by atoms with E-state index < -0.39 is 24.0 Å². The van der Waals surface area contributed by atoms with Gasteiger partial charge in [-0.2, -0.15) is 0 Å². The largest absolute Gasteiger partial charge is 0.449 e. The summed E-state index contributed by atoms with van der Waals surface area (Å²) in [6.07, 6.45) is 1.75. The molecular weight excluding hydrogens is 348 g/mol. The molecule has 0 radical (unpaired) electrons. The number of amides is 3. The number of hydrogen-bond donors (Lipinski definition) is 2. The van der Waals surface area contributed by atoms with Crippen LogP contribution in [0.5, 0.6) is 0 Å². The molecule has 20 heavy (non-hydrogen) atoms. The highest BCUT2D eigenvalue weighted by molar-refractivity contribution is 9.11. The third kappa shape index (κ3) is 5.54. The topological polar surface area (TPSA) is 84.5 Å². The second-order valence-electron chi connectivity index (χ2n) is 3.62. The number of carbonyl (C=O) groups is 3. The molecule has 3 amide bonds. The van der Waals surface area contributed by atoms with E-state index in [1.54, 1.807) is 6.08 Å². The third-order valence-electron chi connectivity index (χ3n) is 2.10. The van der Waals surface area contributed by atoms with E-state index in [9.17, 15) is 14.4 Å². The van der Waals surface area contributed by atoms with Crippen LogP contribution in [0.25, 0.3) is 6.08 Å². The molecule has 8 heteroatoms. The molecule has 0 aromatic carbocycles. The van der Waals surface area contributed by atoms with Crippen LogP contribution in [0, 0.1) is 0 Å². The van der Waals surface area contributed by atoms with Crippen LogP contribution in [-0.2, 0) is 14.3 Å². The average Bonchev–Trinajstić information content (AvgIpc) is 2.81. The standard InChI is InChI=1S/C12H13BrN2O4S/c1-7(11(17)15-12(18)14-2)19-10(16)6-4-8-3-5-9(13)20-8/h3-7H,1-2H3,(H2,14,15,17,18)/b6-4+/t7-/m0/s1. The molecule has 0 aliphatic carbocycles. The molecule has 0 spiro atoms. The lowest BCUT2D eigenvalue weighted by atomic mass is 10.3. The Bertz CT molecular complexity index is 541. The van der Waals surface area contributed by atoms with Gasteiger partial charge in [0.2, 0.25) is 0 Å². The van der Waals surface area contributed by atoms with Crippen molar-refractivity contribution in [2.45, 2.75) is 13.0 Å². The van der Waals surface area contributed by atoms with Gasteiger partial charge >= 0.3 is 12.0 Å². The maximum Gasteiger partial charge on any atom is 0.331 e. The number of rotatable bonds is 4. The van der Waals surface area contributed by atoms with E-state index in [0.717, 1.165) is 8.66 Å².